The summed E-state index contributed by atoms with van der Waals surface area (Å²) in [7, 11) is -3.62. The van der Waals surface area contributed by atoms with Crippen LogP contribution in [0.15, 0.2) is 53.4 Å². The molecule has 0 saturated carbocycles. The van der Waals surface area contributed by atoms with Crippen molar-refractivity contribution in [1.29, 1.82) is 0 Å². The lowest BCUT2D eigenvalue weighted by atomic mass is 10.1. The molecule has 28 heavy (non-hydrogen) atoms. The van der Waals surface area contributed by atoms with E-state index in [1.165, 1.54) is 12.1 Å². The van der Waals surface area contributed by atoms with Crippen LogP contribution in [0.25, 0.3) is 0 Å². The second-order valence-corrected chi connectivity index (χ2v) is 8.79. The smallest absolute Gasteiger partial charge is 0.243 e. The first kappa shape index (κ1) is 20.8. The van der Waals surface area contributed by atoms with Gasteiger partial charge < -0.3 is 10.1 Å². The minimum Gasteiger partial charge on any atom is -0.492 e. The molecule has 0 atom stereocenters. The third kappa shape index (κ3) is 5.10. The summed E-state index contributed by atoms with van der Waals surface area (Å²) in [6.07, 6.45) is 2.40. The standard InChI is InChI=1S/C21H27FN2O3S/c1-2-17-3-9-21(10-4-17)28(25,26)24(19-11-13-23-14-12-19)15-16-27-20-7-5-18(22)6-8-20/h3-10,19,23H,2,11-16H2,1H3. The van der Waals surface area contributed by atoms with Gasteiger partial charge >= 0.3 is 0 Å². The third-order valence-corrected chi connectivity index (χ3v) is 7.01. The number of piperidine rings is 1. The van der Waals surface area contributed by atoms with Gasteiger partial charge in [-0.15, -0.1) is 0 Å². The van der Waals surface area contributed by atoms with Gasteiger partial charge in [-0.05, 0) is 74.3 Å². The summed E-state index contributed by atoms with van der Waals surface area (Å²) in [5.41, 5.74) is 1.10. The van der Waals surface area contributed by atoms with E-state index in [-0.39, 0.29) is 25.0 Å². The summed E-state index contributed by atoms with van der Waals surface area (Å²) in [6, 6.07) is 12.8. The molecule has 152 valence electrons. The summed E-state index contributed by atoms with van der Waals surface area (Å²) in [5.74, 6) is 0.193. The molecular formula is C21H27FN2O3S. The van der Waals surface area contributed by atoms with Gasteiger partial charge in [-0.3, -0.25) is 0 Å². The lowest BCUT2D eigenvalue weighted by molar-refractivity contribution is 0.215. The highest BCUT2D eigenvalue weighted by molar-refractivity contribution is 7.89. The zero-order valence-corrected chi connectivity index (χ0v) is 16.9. The van der Waals surface area contributed by atoms with Crippen molar-refractivity contribution >= 4 is 10.0 Å². The number of benzene rings is 2. The van der Waals surface area contributed by atoms with Gasteiger partial charge in [-0.25, -0.2) is 12.8 Å². The van der Waals surface area contributed by atoms with Crippen molar-refractivity contribution in [3.05, 3.63) is 59.9 Å². The van der Waals surface area contributed by atoms with Gasteiger partial charge in [0.1, 0.15) is 18.2 Å². The van der Waals surface area contributed by atoms with Gasteiger partial charge in [0.25, 0.3) is 0 Å². The molecule has 1 fully saturated rings. The maximum Gasteiger partial charge on any atom is 0.243 e. The topological polar surface area (TPSA) is 58.6 Å². The highest BCUT2D eigenvalue weighted by atomic mass is 32.2. The minimum atomic E-state index is -3.62. The van der Waals surface area contributed by atoms with Crippen molar-refractivity contribution in [2.24, 2.45) is 0 Å². The maximum absolute atomic E-state index is 13.3. The van der Waals surface area contributed by atoms with Crippen LogP contribution in [0.1, 0.15) is 25.3 Å². The van der Waals surface area contributed by atoms with Crippen LogP contribution in [0, 0.1) is 5.82 Å². The molecule has 0 bridgehead atoms. The molecule has 7 heteroatoms. The molecule has 1 saturated heterocycles. The number of nitrogens with zero attached hydrogens (tertiary/aromatic N) is 1. The van der Waals surface area contributed by atoms with Crippen molar-refractivity contribution in [2.75, 3.05) is 26.2 Å². The summed E-state index contributed by atoms with van der Waals surface area (Å²) in [5, 5.41) is 3.27. The fraction of sp³-hybridized carbons (Fsp3) is 0.429. The molecule has 2 aromatic rings. The number of nitrogens with one attached hydrogen (secondary N) is 1. The average molecular weight is 407 g/mol. The Kier molecular flexibility index (Phi) is 7.04. The summed E-state index contributed by atoms with van der Waals surface area (Å²) >= 11 is 0. The van der Waals surface area contributed by atoms with Crippen LogP contribution in [0.3, 0.4) is 0 Å². The van der Waals surface area contributed by atoms with Crippen LogP contribution < -0.4 is 10.1 Å². The van der Waals surface area contributed by atoms with Crippen LogP contribution in [0.4, 0.5) is 4.39 Å². The van der Waals surface area contributed by atoms with Gasteiger partial charge in [0, 0.05) is 12.6 Å². The molecule has 3 rings (SSSR count). The molecule has 0 radical (unpaired) electrons. The summed E-state index contributed by atoms with van der Waals surface area (Å²) in [4.78, 5) is 0.310. The highest BCUT2D eigenvalue weighted by Gasteiger charge is 2.32. The van der Waals surface area contributed by atoms with Crippen LogP contribution in [0.5, 0.6) is 5.75 Å². The monoisotopic (exact) mass is 406 g/mol. The van der Waals surface area contributed by atoms with E-state index in [4.69, 9.17) is 4.74 Å². The van der Waals surface area contributed by atoms with E-state index >= 15 is 0 Å². The lowest BCUT2D eigenvalue weighted by Gasteiger charge is -2.33. The van der Waals surface area contributed by atoms with Crippen LogP contribution in [-0.2, 0) is 16.4 Å². The predicted molar refractivity (Wildman–Crippen MR) is 107 cm³/mol. The van der Waals surface area contributed by atoms with Crippen molar-refractivity contribution < 1.29 is 17.5 Å². The van der Waals surface area contributed by atoms with Gasteiger partial charge in [-0.1, -0.05) is 19.1 Å². The van der Waals surface area contributed by atoms with Crippen molar-refractivity contribution in [3.8, 4) is 5.75 Å². The number of rotatable bonds is 8. The Morgan fingerprint density at radius 2 is 1.71 bits per heavy atom. The Morgan fingerprint density at radius 3 is 2.32 bits per heavy atom. The van der Waals surface area contributed by atoms with Crippen LogP contribution >= 0.6 is 0 Å². The Hall–Kier alpha value is -1.96. The molecule has 0 spiro atoms. The largest absolute Gasteiger partial charge is 0.492 e. The molecule has 1 heterocycles. The number of hydrogen-bond donors (Lipinski definition) is 1. The maximum atomic E-state index is 13.3. The molecule has 0 aromatic heterocycles. The number of halogens is 1. The van der Waals surface area contributed by atoms with Gasteiger partial charge in [-0.2, -0.15) is 4.31 Å². The number of aryl methyl sites for hydroxylation is 1. The molecule has 1 aliphatic rings. The molecule has 0 aliphatic carbocycles. The minimum absolute atomic E-state index is 0.0612. The van der Waals surface area contributed by atoms with Crippen molar-refractivity contribution in [3.63, 3.8) is 0 Å². The number of ether oxygens (including phenoxy) is 1. The lowest BCUT2D eigenvalue weighted by Crippen LogP contribution is -2.47. The quantitative estimate of drug-likeness (QED) is 0.731. The first-order valence-corrected chi connectivity index (χ1v) is 11.1. The molecule has 1 aliphatic heterocycles. The van der Waals surface area contributed by atoms with E-state index in [1.807, 2.05) is 19.1 Å². The normalized spacial score (nSPS) is 15.7. The Bertz CT molecular complexity index is 848. The predicted octanol–water partition coefficient (Wildman–Crippen LogP) is 3.21. The molecule has 0 unspecified atom stereocenters. The Morgan fingerprint density at radius 1 is 1.07 bits per heavy atom. The zero-order valence-electron chi connectivity index (χ0n) is 16.1. The number of hydrogen-bond acceptors (Lipinski definition) is 4. The highest BCUT2D eigenvalue weighted by Crippen LogP contribution is 2.23. The van der Waals surface area contributed by atoms with Gasteiger partial charge in [0.15, 0.2) is 0 Å². The SMILES string of the molecule is CCc1ccc(S(=O)(=O)N(CCOc2ccc(F)cc2)C2CCNCC2)cc1. The molecule has 1 N–H and O–H groups in total. The fourth-order valence-electron chi connectivity index (χ4n) is 3.41. The fourth-order valence-corrected chi connectivity index (χ4v) is 5.08. The third-order valence-electron chi connectivity index (χ3n) is 5.05. The van der Waals surface area contributed by atoms with Gasteiger partial charge in [0.05, 0.1) is 4.90 Å². The van der Waals surface area contributed by atoms with Crippen molar-refractivity contribution in [1.82, 2.24) is 9.62 Å². The zero-order chi connectivity index (χ0) is 20.0. The number of sulfonamides is 1. The second kappa shape index (κ2) is 9.49. The van der Waals surface area contributed by atoms with Gasteiger partial charge in [0.2, 0.25) is 10.0 Å². The van der Waals surface area contributed by atoms with Crippen LogP contribution in [0.2, 0.25) is 0 Å². The molecule has 0 amide bonds. The molecule has 5 nitrogen and oxygen atoms in total. The Labute approximate surface area is 166 Å². The summed E-state index contributed by atoms with van der Waals surface area (Å²) in [6.45, 7) is 4.09. The van der Waals surface area contributed by atoms with E-state index in [1.54, 1.807) is 28.6 Å². The van der Waals surface area contributed by atoms with E-state index in [0.717, 1.165) is 37.9 Å². The van der Waals surface area contributed by atoms with E-state index in [2.05, 4.69) is 5.32 Å². The van der Waals surface area contributed by atoms with E-state index in [0.29, 0.717) is 10.6 Å². The van der Waals surface area contributed by atoms with Crippen LogP contribution in [-0.4, -0.2) is 45.0 Å². The second-order valence-electron chi connectivity index (χ2n) is 6.90. The Balaban J connectivity index is 1.76. The molecule has 2 aromatic carbocycles. The first-order valence-electron chi connectivity index (χ1n) is 9.70. The van der Waals surface area contributed by atoms with E-state index in [9.17, 15) is 12.8 Å². The summed E-state index contributed by atoms with van der Waals surface area (Å²) < 4.78 is 46.9. The van der Waals surface area contributed by atoms with E-state index < -0.39 is 10.0 Å². The molecular weight excluding hydrogens is 379 g/mol. The average Bonchev–Trinajstić information content (AvgIpc) is 2.73. The van der Waals surface area contributed by atoms with Crippen molar-refractivity contribution in [2.45, 2.75) is 37.1 Å². The first-order chi connectivity index (χ1) is 13.5.